The number of carboxylic acid groups (broad SMARTS) is 1. The Morgan fingerprint density at radius 1 is 1.37 bits per heavy atom. The van der Waals surface area contributed by atoms with Crippen molar-refractivity contribution in [2.45, 2.75) is 25.8 Å². The summed E-state index contributed by atoms with van der Waals surface area (Å²) in [5, 5.41) is 8.49. The number of aliphatic carboxylic acids is 1. The average Bonchev–Trinajstić information content (AvgIpc) is 2.33. The average molecular weight is 332 g/mol. The van der Waals surface area contributed by atoms with Crippen LogP contribution in [-0.2, 0) is 16.1 Å². The van der Waals surface area contributed by atoms with Crippen LogP contribution in [0.3, 0.4) is 0 Å². The predicted octanol–water partition coefficient (Wildman–Crippen LogP) is 2.80. The highest BCUT2D eigenvalue weighted by atomic mass is 79.9. The van der Waals surface area contributed by atoms with Gasteiger partial charge in [0.1, 0.15) is 5.82 Å². The van der Waals surface area contributed by atoms with E-state index in [0.29, 0.717) is 12.0 Å². The Labute approximate surface area is 119 Å². The van der Waals surface area contributed by atoms with Gasteiger partial charge in [0.05, 0.1) is 0 Å². The van der Waals surface area contributed by atoms with Crippen LogP contribution in [-0.4, -0.2) is 28.9 Å². The maximum Gasteiger partial charge on any atom is 0.303 e. The third-order valence-electron chi connectivity index (χ3n) is 2.62. The molecule has 104 valence electrons. The van der Waals surface area contributed by atoms with Crippen LogP contribution in [0.5, 0.6) is 0 Å². The number of hydrogen-bond donors (Lipinski definition) is 1. The molecule has 0 fully saturated rings. The van der Waals surface area contributed by atoms with Crippen molar-refractivity contribution in [2.24, 2.45) is 0 Å². The van der Waals surface area contributed by atoms with Crippen molar-refractivity contribution >= 4 is 27.8 Å². The third kappa shape index (κ3) is 5.38. The molecular formula is C13H15BrFNO3. The summed E-state index contributed by atoms with van der Waals surface area (Å²) in [5.41, 5.74) is 0.420. The molecule has 0 spiro atoms. The second kappa shape index (κ2) is 7.23. The van der Waals surface area contributed by atoms with Crippen LogP contribution in [0.15, 0.2) is 22.7 Å². The molecule has 0 heterocycles. The lowest BCUT2D eigenvalue weighted by Gasteiger charge is -2.17. The number of hydrogen-bond acceptors (Lipinski definition) is 2. The molecule has 0 saturated heterocycles. The molecule has 1 aromatic carbocycles. The Bertz CT molecular complexity index is 479. The van der Waals surface area contributed by atoms with E-state index in [-0.39, 0.29) is 31.1 Å². The van der Waals surface area contributed by atoms with Gasteiger partial charge in [0.15, 0.2) is 0 Å². The van der Waals surface area contributed by atoms with Gasteiger partial charge in [-0.3, -0.25) is 9.59 Å². The Kier molecular flexibility index (Phi) is 5.95. The summed E-state index contributed by atoms with van der Waals surface area (Å²) >= 11 is 3.25. The largest absolute Gasteiger partial charge is 0.481 e. The van der Waals surface area contributed by atoms with Crippen molar-refractivity contribution in [3.8, 4) is 0 Å². The minimum Gasteiger partial charge on any atom is -0.481 e. The SMILES string of the molecule is CN(Cc1cc(Br)ccc1F)C(=O)CCCC(=O)O. The summed E-state index contributed by atoms with van der Waals surface area (Å²) in [4.78, 5) is 23.5. The number of carbonyl (C=O) groups excluding carboxylic acids is 1. The van der Waals surface area contributed by atoms with Gasteiger partial charge in [0, 0.05) is 36.5 Å². The number of rotatable bonds is 6. The quantitative estimate of drug-likeness (QED) is 0.871. The van der Waals surface area contributed by atoms with Gasteiger partial charge in [-0.1, -0.05) is 15.9 Å². The zero-order chi connectivity index (χ0) is 14.4. The first-order chi connectivity index (χ1) is 8.90. The molecule has 1 amide bonds. The van der Waals surface area contributed by atoms with Crippen LogP contribution in [0.25, 0.3) is 0 Å². The maximum atomic E-state index is 13.5. The van der Waals surface area contributed by atoms with E-state index < -0.39 is 5.97 Å². The molecule has 0 atom stereocenters. The summed E-state index contributed by atoms with van der Waals surface area (Å²) in [5.74, 6) is -1.48. The van der Waals surface area contributed by atoms with E-state index >= 15 is 0 Å². The first kappa shape index (κ1) is 15.6. The fourth-order valence-electron chi connectivity index (χ4n) is 1.59. The molecular weight excluding hydrogens is 317 g/mol. The summed E-state index contributed by atoms with van der Waals surface area (Å²) in [6, 6.07) is 4.55. The maximum absolute atomic E-state index is 13.5. The molecule has 0 unspecified atom stereocenters. The first-order valence-corrected chi connectivity index (χ1v) is 6.59. The minimum atomic E-state index is -0.923. The molecule has 0 aromatic heterocycles. The second-order valence-corrected chi connectivity index (χ2v) is 5.15. The molecule has 0 aliphatic heterocycles. The van der Waals surface area contributed by atoms with Gasteiger partial charge in [-0.2, -0.15) is 0 Å². The minimum absolute atomic E-state index is 0.0369. The monoisotopic (exact) mass is 331 g/mol. The normalized spacial score (nSPS) is 10.3. The van der Waals surface area contributed by atoms with Gasteiger partial charge >= 0.3 is 5.97 Å². The van der Waals surface area contributed by atoms with Crippen LogP contribution in [0, 0.1) is 5.82 Å². The van der Waals surface area contributed by atoms with Crippen molar-refractivity contribution < 1.29 is 19.1 Å². The van der Waals surface area contributed by atoms with E-state index in [9.17, 15) is 14.0 Å². The standard InChI is InChI=1S/C13H15BrFNO3/c1-16(12(17)3-2-4-13(18)19)8-9-7-10(14)5-6-11(9)15/h5-7H,2-4,8H2,1H3,(H,18,19). The van der Waals surface area contributed by atoms with Gasteiger partial charge in [0.2, 0.25) is 5.91 Å². The number of benzene rings is 1. The Morgan fingerprint density at radius 3 is 2.68 bits per heavy atom. The van der Waals surface area contributed by atoms with E-state index in [0.717, 1.165) is 4.47 Å². The summed E-state index contributed by atoms with van der Waals surface area (Å²) in [6.45, 7) is 0.164. The van der Waals surface area contributed by atoms with Crippen LogP contribution >= 0.6 is 15.9 Å². The lowest BCUT2D eigenvalue weighted by Crippen LogP contribution is -2.26. The predicted molar refractivity (Wildman–Crippen MR) is 72.1 cm³/mol. The smallest absolute Gasteiger partial charge is 0.303 e. The lowest BCUT2D eigenvalue weighted by atomic mass is 10.2. The highest BCUT2D eigenvalue weighted by molar-refractivity contribution is 9.10. The number of carboxylic acids is 1. The number of carbonyl (C=O) groups is 2. The fourth-order valence-corrected chi connectivity index (χ4v) is 2.00. The van der Waals surface area contributed by atoms with E-state index in [1.54, 1.807) is 19.2 Å². The molecule has 4 nitrogen and oxygen atoms in total. The Hall–Kier alpha value is -1.43. The Balaban J connectivity index is 2.53. The second-order valence-electron chi connectivity index (χ2n) is 4.23. The molecule has 0 saturated carbocycles. The van der Waals surface area contributed by atoms with Crippen molar-refractivity contribution in [1.29, 1.82) is 0 Å². The topological polar surface area (TPSA) is 57.6 Å². The molecule has 1 N–H and O–H groups in total. The van der Waals surface area contributed by atoms with E-state index in [2.05, 4.69) is 15.9 Å². The van der Waals surface area contributed by atoms with E-state index in [1.807, 2.05) is 0 Å². The fraction of sp³-hybridized carbons (Fsp3) is 0.385. The molecule has 0 radical (unpaired) electrons. The lowest BCUT2D eigenvalue weighted by molar-refractivity contribution is -0.137. The molecule has 0 aliphatic rings. The number of halogens is 2. The highest BCUT2D eigenvalue weighted by Gasteiger charge is 2.12. The van der Waals surface area contributed by atoms with Crippen molar-refractivity contribution in [3.05, 3.63) is 34.1 Å². The van der Waals surface area contributed by atoms with Crippen molar-refractivity contribution in [1.82, 2.24) is 4.90 Å². The zero-order valence-corrected chi connectivity index (χ0v) is 12.1. The van der Waals surface area contributed by atoms with Gasteiger partial charge in [-0.05, 0) is 24.6 Å². The molecule has 6 heteroatoms. The van der Waals surface area contributed by atoms with Gasteiger partial charge in [0.25, 0.3) is 0 Å². The molecule has 1 rings (SSSR count). The van der Waals surface area contributed by atoms with E-state index in [1.165, 1.54) is 11.0 Å². The molecule has 0 bridgehead atoms. The van der Waals surface area contributed by atoms with Crippen LogP contribution in [0.2, 0.25) is 0 Å². The van der Waals surface area contributed by atoms with Gasteiger partial charge < -0.3 is 10.0 Å². The third-order valence-corrected chi connectivity index (χ3v) is 3.12. The van der Waals surface area contributed by atoms with Crippen molar-refractivity contribution in [3.63, 3.8) is 0 Å². The summed E-state index contributed by atoms with van der Waals surface area (Å²) in [7, 11) is 1.57. The van der Waals surface area contributed by atoms with Crippen molar-refractivity contribution in [2.75, 3.05) is 7.05 Å². The van der Waals surface area contributed by atoms with Crippen LogP contribution in [0.4, 0.5) is 4.39 Å². The molecule has 1 aromatic rings. The summed E-state index contributed by atoms with van der Waals surface area (Å²) in [6.07, 6.45) is 0.405. The zero-order valence-electron chi connectivity index (χ0n) is 10.5. The molecule has 0 aliphatic carbocycles. The summed E-state index contributed by atoms with van der Waals surface area (Å²) < 4.78 is 14.3. The molecule has 19 heavy (non-hydrogen) atoms. The number of amides is 1. The highest BCUT2D eigenvalue weighted by Crippen LogP contribution is 2.17. The van der Waals surface area contributed by atoms with E-state index in [4.69, 9.17) is 5.11 Å². The van der Waals surface area contributed by atoms with Crippen LogP contribution < -0.4 is 0 Å². The first-order valence-electron chi connectivity index (χ1n) is 5.80. The van der Waals surface area contributed by atoms with Gasteiger partial charge in [-0.25, -0.2) is 4.39 Å². The van der Waals surface area contributed by atoms with Gasteiger partial charge in [-0.15, -0.1) is 0 Å². The number of nitrogens with zero attached hydrogens (tertiary/aromatic N) is 1. The van der Waals surface area contributed by atoms with Crippen LogP contribution in [0.1, 0.15) is 24.8 Å². The Morgan fingerprint density at radius 2 is 2.05 bits per heavy atom.